The van der Waals surface area contributed by atoms with Gasteiger partial charge in [0.1, 0.15) is 0 Å². The van der Waals surface area contributed by atoms with Crippen LogP contribution < -0.4 is 0 Å². The van der Waals surface area contributed by atoms with Gasteiger partial charge in [-0.3, -0.25) is 0 Å². The van der Waals surface area contributed by atoms with Gasteiger partial charge in [0.2, 0.25) is 0 Å². The molecule has 1 atom stereocenters. The third-order valence-corrected chi connectivity index (χ3v) is 3.93. The van der Waals surface area contributed by atoms with Gasteiger partial charge in [-0.15, -0.1) is 0 Å². The maximum absolute atomic E-state index is 5.60. The second-order valence-corrected chi connectivity index (χ2v) is 5.91. The third kappa shape index (κ3) is 10.8. The number of hydrogen-bond donors (Lipinski definition) is 0. The molecule has 0 amide bonds. The molecule has 0 radical (unpaired) electrons. The fourth-order valence-corrected chi connectivity index (χ4v) is 2.61. The van der Waals surface area contributed by atoms with E-state index in [1.807, 2.05) is 0 Å². The molecule has 0 N–H and O–H groups in total. The second-order valence-electron chi connectivity index (χ2n) is 5.12. The summed E-state index contributed by atoms with van der Waals surface area (Å²) in [6.45, 7) is 2.77. The Hall–Kier alpha value is 0.360. The minimum atomic E-state index is -0.122. The summed E-state index contributed by atoms with van der Waals surface area (Å²) in [7, 11) is 0. The van der Waals surface area contributed by atoms with E-state index in [0.29, 0.717) is 19.8 Å². The summed E-state index contributed by atoms with van der Waals surface area (Å²) in [4.78, 5) is 0. The Labute approximate surface area is 126 Å². The molecule has 1 unspecified atom stereocenters. The van der Waals surface area contributed by atoms with Gasteiger partial charge >= 0.3 is 0 Å². The molecule has 19 heavy (non-hydrogen) atoms. The lowest BCUT2D eigenvalue weighted by molar-refractivity contribution is -0.211. The van der Waals surface area contributed by atoms with Crippen LogP contribution in [0.25, 0.3) is 0 Å². The SMILES string of the molecule is BrCCCCCCCCCCCOC1COCCO1. The number of alkyl halides is 1. The van der Waals surface area contributed by atoms with Crippen LogP contribution in [-0.2, 0) is 14.2 Å². The molecule has 4 heteroatoms. The summed E-state index contributed by atoms with van der Waals surface area (Å²) in [6.07, 6.45) is 11.9. The Morgan fingerprint density at radius 3 is 2.05 bits per heavy atom. The van der Waals surface area contributed by atoms with E-state index in [4.69, 9.17) is 14.2 Å². The van der Waals surface area contributed by atoms with E-state index in [-0.39, 0.29) is 6.29 Å². The lowest BCUT2D eigenvalue weighted by atomic mass is 10.1. The largest absolute Gasteiger partial charge is 0.374 e. The summed E-state index contributed by atoms with van der Waals surface area (Å²) in [5, 5.41) is 1.16. The summed E-state index contributed by atoms with van der Waals surface area (Å²) < 4.78 is 16.3. The van der Waals surface area contributed by atoms with Crippen molar-refractivity contribution in [3.05, 3.63) is 0 Å². The quantitative estimate of drug-likeness (QED) is 0.393. The van der Waals surface area contributed by atoms with E-state index in [9.17, 15) is 0 Å². The molecule has 1 saturated heterocycles. The lowest BCUT2D eigenvalue weighted by Gasteiger charge is -2.22. The first-order valence-corrected chi connectivity index (χ1v) is 8.92. The summed E-state index contributed by atoms with van der Waals surface area (Å²) >= 11 is 3.47. The minimum absolute atomic E-state index is 0.122. The first-order chi connectivity index (χ1) is 9.43. The fourth-order valence-electron chi connectivity index (χ4n) is 2.21. The van der Waals surface area contributed by atoms with Crippen LogP contribution in [0.3, 0.4) is 0 Å². The predicted molar refractivity (Wildman–Crippen MR) is 81.9 cm³/mol. The molecule has 0 spiro atoms. The van der Waals surface area contributed by atoms with Gasteiger partial charge in [-0.2, -0.15) is 0 Å². The van der Waals surface area contributed by atoms with Gasteiger partial charge < -0.3 is 14.2 Å². The van der Waals surface area contributed by atoms with Gasteiger partial charge in [-0.05, 0) is 12.8 Å². The molecule has 1 aliphatic rings. The van der Waals surface area contributed by atoms with Crippen molar-refractivity contribution in [2.24, 2.45) is 0 Å². The number of unbranched alkanes of at least 4 members (excludes halogenated alkanes) is 8. The summed E-state index contributed by atoms with van der Waals surface area (Å²) in [5.74, 6) is 0. The van der Waals surface area contributed by atoms with Gasteiger partial charge in [0, 0.05) is 11.9 Å². The zero-order chi connectivity index (χ0) is 13.6. The molecule has 0 aromatic carbocycles. The van der Waals surface area contributed by atoms with Crippen LogP contribution >= 0.6 is 15.9 Å². The molecule has 1 rings (SSSR count). The zero-order valence-electron chi connectivity index (χ0n) is 12.1. The molecule has 0 aliphatic carbocycles. The van der Waals surface area contributed by atoms with Crippen molar-refractivity contribution in [1.29, 1.82) is 0 Å². The van der Waals surface area contributed by atoms with Crippen molar-refractivity contribution in [3.8, 4) is 0 Å². The van der Waals surface area contributed by atoms with Gasteiger partial charge in [-0.1, -0.05) is 60.9 Å². The molecule has 0 aromatic rings. The van der Waals surface area contributed by atoms with E-state index in [2.05, 4.69) is 15.9 Å². The van der Waals surface area contributed by atoms with Crippen molar-refractivity contribution in [2.45, 2.75) is 64.1 Å². The second kappa shape index (κ2) is 13.3. The molecule has 1 fully saturated rings. The molecule has 1 aliphatic heterocycles. The van der Waals surface area contributed by atoms with Crippen molar-refractivity contribution < 1.29 is 14.2 Å². The zero-order valence-corrected chi connectivity index (χ0v) is 13.7. The lowest BCUT2D eigenvalue weighted by Crippen LogP contribution is -2.31. The number of halogens is 1. The molecular weight excluding hydrogens is 308 g/mol. The average molecular weight is 337 g/mol. The molecular formula is C15H29BrO3. The smallest absolute Gasteiger partial charge is 0.180 e. The maximum Gasteiger partial charge on any atom is 0.180 e. The average Bonchev–Trinajstić information content (AvgIpc) is 2.46. The van der Waals surface area contributed by atoms with Gasteiger partial charge in [0.05, 0.1) is 19.8 Å². The third-order valence-electron chi connectivity index (χ3n) is 3.37. The van der Waals surface area contributed by atoms with E-state index in [1.165, 1.54) is 51.4 Å². The molecule has 0 bridgehead atoms. The highest BCUT2D eigenvalue weighted by molar-refractivity contribution is 9.09. The fraction of sp³-hybridized carbons (Fsp3) is 1.00. The minimum Gasteiger partial charge on any atom is -0.374 e. The van der Waals surface area contributed by atoms with Crippen LogP contribution in [0.5, 0.6) is 0 Å². The first-order valence-electron chi connectivity index (χ1n) is 7.80. The highest BCUT2D eigenvalue weighted by Crippen LogP contribution is 2.11. The van der Waals surface area contributed by atoms with Gasteiger partial charge in [-0.25, -0.2) is 0 Å². The Morgan fingerprint density at radius 1 is 0.842 bits per heavy atom. The number of ether oxygens (including phenoxy) is 3. The standard InChI is InChI=1S/C15H29BrO3/c16-10-8-6-4-2-1-3-5-7-9-11-18-15-14-17-12-13-19-15/h15H,1-14H2. The van der Waals surface area contributed by atoms with Crippen molar-refractivity contribution in [1.82, 2.24) is 0 Å². The van der Waals surface area contributed by atoms with Crippen LogP contribution in [0, 0.1) is 0 Å². The van der Waals surface area contributed by atoms with Crippen LogP contribution in [-0.4, -0.2) is 38.0 Å². The van der Waals surface area contributed by atoms with E-state index >= 15 is 0 Å². The Bertz CT molecular complexity index is 184. The van der Waals surface area contributed by atoms with E-state index < -0.39 is 0 Å². The summed E-state index contributed by atoms with van der Waals surface area (Å²) in [6, 6.07) is 0. The van der Waals surface area contributed by atoms with Crippen molar-refractivity contribution in [3.63, 3.8) is 0 Å². The first kappa shape index (κ1) is 17.4. The van der Waals surface area contributed by atoms with Crippen LogP contribution in [0.1, 0.15) is 57.8 Å². The highest BCUT2D eigenvalue weighted by atomic mass is 79.9. The monoisotopic (exact) mass is 336 g/mol. The van der Waals surface area contributed by atoms with Crippen LogP contribution in [0.2, 0.25) is 0 Å². The Morgan fingerprint density at radius 2 is 1.47 bits per heavy atom. The Kier molecular flexibility index (Phi) is 12.2. The number of hydrogen-bond acceptors (Lipinski definition) is 3. The normalized spacial score (nSPS) is 19.7. The molecule has 3 nitrogen and oxygen atoms in total. The van der Waals surface area contributed by atoms with Crippen LogP contribution in [0.15, 0.2) is 0 Å². The molecule has 0 aromatic heterocycles. The predicted octanol–water partition coefficient (Wildman–Crippen LogP) is 4.28. The van der Waals surface area contributed by atoms with E-state index in [1.54, 1.807) is 0 Å². The van der Waals surface area contributed by atoms with E-state index in [0.717, 1.165) is 18.4 Å². The number of rotatable bonds is 12. The van der Waals surface area contributed by atoms with Gasteiger partial charge in [0.15, 0.2) is 6.29 Å². The van der Waals surface area contributed by atoms with Crippen LogP contribution in [0.4, 0.5) is 0 Å². The summed E-state index contributed by atoms with van der Waals surface area (Å²) in [5.41, 5.74) is 0. The Balaban J connectivity index is 1.71. The maximum atomic E-state index is 5.60. The van der Waals surface area contributed by atoms with Crippen molar-refractivity contribution in [2.75, 3.05) is 31.8 Å². The molecule has 0 saturated carbocycles. The highest BCUT2D eigenvalue weighted by Gasteiger charge is 2.13. The topological polar surface area (TPSA) is 27.7 Å². The molecule has 114 valence electrons. The van der Waals surface area contributed by atoms with Gasteiger partial charge in [0.25, 0.3) is 0 Å². The van der Waals surface area contributed by atoms with Crippen molar-refractivity contribution >= 4 is 15.9 Å². The molecule has 1 heterocycles.